The van der Waals surface area contributed by atoms with Crippen LogP contribution in [0.25, 0.3) is 0 Å². The molecule has 0 saturated carbocycles. The van der Waals surface area contributed by atoms with E-state index in [-0.39, 0.29) is 10.5 Å². The highest BCUT2D eigenvalue weighted by Crippen LogP contribution is 2.72. The molecule has 0 atom stereocenters. The fraction of sp³-hybridized carbons (Fsp3) is 0. The molecule has 7 heteroatoms. The van der Waals surface area contributed by atoms with Crippen LogP contribution in [0, 0.1) is 0 Å². The zero-order valence-electron chi connectivity index (χ0n) is 7.75. The van der Waals surface area contributed by atoms with Gasteiger partial charge < -0.3 is 10.2 Å². The van der Waals surface area contributed by atoms with Crippen LogP contribution >= 0.6 is 19.9 Å². The van der Waals surface area contributed by atoms with Gasteiger partial charge in [0, 0.05) is 19.5 Å². The molecule has 0 fully saturated rings. The van der Waals surface area contributed by atoms with Crippen molar-refractivity contribution >= 4 is 35.6 Å². The Hall–Kier alpha value is -1.47. The fourth-order valence-corrected chi connectivity index (χ4v) is 5.57. The summed E-state index contributed by atoms with van der Waals surface area (Å²) >= 11 is 0. The minimum absolute atomic E-state index is 0.116. The number of carbonyl (C=O) groups is 3. The Labute approximate surface area is 95.2 Å². The molecule has 1 aromatic rings. The molecule has 1 heterocycles. The van der Waals surface area contributed by atoms with Crippen LogP contribution in [0.3, 0.4) is 0 Å². The Bertz CT molecular complexity index is 496. The molecule has 0 aliphatic carbocycles. The molecule has 5 nitrogen and oxygen atoms in total. The molecule has 2 N–H and O–H groups in total. The average molecular weight is 258 g/mol. The monoisotopic (exact) mass is 258 g/mol. The molecule has 0 radical (unpaired) electrons. The van der Waals surface area contributed by atoms with E-state index in [1.165, 1.54) is 18.2 Å². The van der Waals surface area contributed by atoms with E-state index in [9.17, 15) is 14.4 Å². The standard InChI is InChI=1S/C9H6O5S2/c10-7-5-3-1-2-4-6(5)16(15-7,8(11)12)9(13)14/h1-4H,(H,11,12)(H,13,14). The van der Waals surface area contributed by atoms with Gasteiger partial charge in [0.2, 0.25) is 5.12 Å². The highest BCUT2D eigenvalue weighted by atomic mass is 33.2. The van der Waals surface area contributed by atoms with Gasteiger partial charge in [-0.3, -0.25) is 4.79 Å². The summed E-state index contributed by atoms with van der Waals surface area (Å²) in [7, 11) is -2.80. The first-order chi connectivity index (χ1) is 7.50. The molecule has 1 aromatic carbocycles. The Morgan fingerprint density at radius 3 is 2.25 bits per heavy atom. The summed E-state index contributed by atoms with van der Waals surface area (Å²) in [4.78, 5) is 34.0. The van der Waals surface area contributed by atoms with Gasteiger partial charge in [-0.2, -0.15) is 0 Å². The molecule has 0 spiro atoms. The summed E-state index contributed by atoms with van der Waals surface area (Å²) < 4.78 is 0. The predicted molar refractivity (Wildman–Crippen MR) is 60.3 cm³/mol. The number of hydrogen-bond donors (Lipinski definition) is 2. The van der Waals surface area contributed by atoms with E-state index in [2.05, 4.69) is 0 Å². The molecule has 1 aliphatic heterocycles. The summed E-state index contributed by atoms with van der Waals surface area (Å²) in [6.07, 6.45) is 0. The molecule has 2 rings (SSSR count). The summed E-state index contributed by atoms with van der Waals surface area (Å²) in [6, 6.07) is 5.96. The van der Waals surface area contributed by atoms with Gasteiger partial charge in [-0.05, 0) is 22.9 Å². The Balaban J connectivity index is 2.74. The lowest BCUT2D eigenvalue weighted by Crippen LogP contribution is -2.13. The second kappa shape index (κ2) is 3.53. The van der Waals surface area contributed by atoms with Crippen LogP contribution in [0.15, 0.2) is 29.2 Å². The van der Waals surface area contributed by atoms with Crippen molar-refractivity contribution in [3.8, 4) is 0 Å². The van der Waals surface area contributed by atoms with Crippen molar-refractivity contribution in [2.24, 2.45) is 0 Å². The number of benzene rings is 1. The van der Waals surface area contributed by atoms with Crippen molar-refractivity contribution in [2.45, 2.75) is 4.90 Å². The molecule has 1 aliphatic rings. The quantitative estimate of drug-likeness (QED) is 0.695. The Morgan fingerprint density at radius 2 is 1.69 bits per heavy atom. The zero-order valence-corrected chi connectivity index (χ0v) is 9.38. The van der Waals surface area contributed by atoms with E-state index in [4.69, 9.17) is 10.2 Å². The van der Waals surface area contributed by atoms with E-state index in [1.54, 1.807) is 6.07 Å². The highest BCUT2D eigenvalue weighted by Gasteiger charge is 2.52. The Kier molecular flexibility index (Phi) is 2.43. The van der Waals surface area contributed by atoms with Crippen LogP contribution in [-0.4, -0.2) is 25.9 Å². The normalized spacial score (nSPS) is 18.9. The molecule has 84 valence electrons. The molecule has 0 aromatic heterocycles. The minimum atomic E-state index is -3.20. The van der Waals surface area contributed by atoms with E-state index in [0.717, 1.165) is 0 Å². The maximum Gasteiger partial charge on any atom is 0.370 e. The van der Waals surface area contributed by atoms with Crippen molar-refractivity contribution in [3.05, 3.63) is 29.8 Å². The van der Waals surface area contributed by atoms with Gasteiger partial charge in [-0.15, -0.1) is 0 Å². The number of fused-ring (bicyclic) bond motifs is 1. The summed E-state index contributed by atoms with van der Waals surface area (Å²) in [5.41, 5.74) is 0.187. The van der Waals surface area contributed by atoms with Crippen LogP contribution in [0.4, 0.5) is 9.59 Å². The molecule has 0 amide bonds. The molecule has 16 heavy (non-hydrogen) atoms. The molecular formula is C9H6O5S2. The second-order valence-electron chi connectivity index (χ2n) is 2.95. The maximum absolute atomic E-state index is 11.5. The van der Waals surface area contributed by atoms with Gasteiger partial charge >= 0.3 is 10.6 Å². The first-order valence-corrected chi connectivity index (χ1v) is 7.09. The lowest BCUT2D eigenvalue weighted by molar-refractivity contribution is 0.108. The van der Waals surface area contributed by atoms with Crippen molar-refractivity contribution in [1.82, 2.24) is 0 Å². The highest BCUT2D eigenvalue weighted by molar-refractivity contribution is 9.09. The van der Waals surface area contributed by atoms with E-state index < -0.39 is 24.8 Å². The largest absolute Gasteiger partial charge is 0.473 e. The van der Waals surface area contributed by atoms with Gasteiger partial charge in [0.15, 0.2) is 0 Å². The molecule has 0 unspecified atom stereocenters. The predicted octanol–water partition coefficient (Wildman–Crippen LogP) is 3.01. The van der Waals surface area contributed by atoms with Gasteiger partial charge in [-0.1, -0.05) is 12.1 Å². The van der Waals surface area contributed by atoms with Gasteiger partial charge in [-0.25, -0.2) is 9.59 Å². The van der Waals surface area contributed by atoms with Crippen LogP contribution in [0.2, 0.25) is 0 Å². The summed E-state index contributed by atoms with van der Waals surface area (Å²) in [5.74, 6) is 0. The van der Waals surface area contributed by atoms with Gasteiger partial charge in [0.1, 0.15) is 0 Å². The number of hydrogen-bond acceptors (Lipinski definition) is 4. The maximum atomic E-state index is 11.5. The number of rotatable bonds is 0. The smallest absolute Gasteiger partial charge is 0.370 e. The number of carboxylic acid groups (broad SMARTS) is 2. The van der Waals surface area contributed by atoms with Crippen LogP contribution in [-0.2, 0) is 0 Å². The zero-order chi connectivity index (χ0) is 11.9. The lowest BCUT2D eigenvalue weighted by atomic mass is 10.2. The van der Waals surface area contributed by atoms with Crippen LogP contribution in [0.1, 0.15) is 10.4 Å². The molecule has 0 bridgehead atoms. The average Bonchev–Trinajstić information content (AvgIpc) is 2.54. The second-order valence-corrected chi connectivity index (χ2v) is 7.74. The topological polar surface area (TPSA) is 91.7 Å². The third-order valence-electron chi connectivity index (χ3n) is 2.11. The van der Waals surface area contributed by atoms with Gasteiger partial charge in [0.05, 0.1) is 0 Å². The van der Waals surface area contributed by atoms with Crippen molar-refractivity contribution in [2.75, 3.05) is 0 Å². The van der Waals surface area contributed by atoms with E-state index in [1.807, 2.05) is 0 Å². The van der Waals surface area contributed by atoms with E-state index in [0.29, 0.717) is 10.8 Å². The fourth-order valence-electron chi connectivity index (χ4n) is 1.42. The molecular weight excluding hydrogens is 252 g/mol. The lowest BCUT2D eigenvalue weighted by Gasteiger charge is -2.22. The SMILES string of the molecule is O=C1SS(C(=O)O)(C(=O)O)c2ccccc21. The number of carbonyl (C=O) groups excluding carboxylic acids is 1. The third-order valence-corrected chi connectivity index (χ3v) is 7.29. The van der Waals surface area contributed by atoms with E-state index >= 15 is 0 Å². The minimum Gasteiger partial charge on any atom is -0.473 e. The summed E-state index contributed by atoms with van der Waals surface area (Å²) in [6.45, 7) is 0. The van der Waals surface area contributed by atoms with Crippen LogP contribution < -0.4 is 0 Å². The first-order valence-electron chi connectivity index (χ1n) is 4.12. The van der Waals surface area contributed by atoms with Crippen molar-refractivity contribution in [1.29, 1.82) is 0 Å². The van der Waals surface area contributed by atoms with Crippen molar-refractivity contribution in [3.63, 3.8) is 0 Å². The van der Waals surface area contributed by atoms with Gasteiger partial charge in [0.25, 0.3) is 0 Å². The van der Waals surface area contributed by atoms with Crippen LogP contribution in [0.5, 0.6) is 0 Å². The third kappa shape index (κ3) is 1.25. The Morgan fingerprint density at radius 1 is 1.12 bits per heavy atom. The van der Waals surface area contributed by atoms with Crippen molar-refractivity contribution < 1.29 is 24.6 Å². The first kappa shape index (κ1) is 11.0. The molecule has 0 saturated heterocycles. The summed E-state index contributed by atoms with van der Waals surface area (Å²) in [5, 5.41) is 14.8.